The van der Waals surface area contributed by atoms with E-state index in [-0.39, 0.29) is 0 Å². The summed E-state index contributed by atoms with van der Waals surface area (Å²) < 4.78 is 2.03. The topological polar surface area (TPSA) is 31.4 Å². The van der Waals surface area contributed by atoms with E-state index in [4.69, 9.17) is 0 Å². The predicted molar refractivity (Wildman–Crippen MR) is 62.0 cm³/mol. The molecule has 0 saturated heterocycles. The lowest BCUT2D eigenvalue weighted by atomic mass is 10.0. The van der Waals surface area contributed by atoms with E-state index in [1.165, 1.54) is 16.6 Å². The van der Waals surface area contributed by atoms with Gasteiger partial charge in [0, 0.05) is 19.3 Å². The van der Waals surface area contributed by atoms with Crippen LogP contribution in [-0.2, 0) is 13.1 Å². The first-order valence-corrected chi connectivity index (χ1v) is 5.42. The van der Waals surface area contributed by atoms with E-state index >= 15 is 0 Å². The first-order chi connectivity index (χ1) is 7.72. The van der Waals surface area contributed by atoms with Gasteiger partial charge < -0.3 is 4.40 Å². The van der Waals surface area contributed by atoms with Crippen LogP contribution in [0.5, 0.6) is 0 Å². The maximum absolute atomic E-state index is 9.22. The van der Waals surface area contributed by atoms with Gasteiger partial charge in [0.25, 0.3) is 0 Å². The van der Waals surface area contributed by atoms with E-state index in [9.17, 15) is 5.26 Å². The molecule has 0 aliphatic carbocycles. The van der Waals surface area contributed by atoms with Crippen LogP contribution in [0.3, 0.4) is 0 Å². The molecule has 0 spiro atoms. The van der Waals surface area contributed by atoms with Crippen molar-refractivity contribution in [3.05, 3.63) is 40.7 Å². The van der Waals surface area contributed by atoms with Crippen molar-refractivity contribution in [1.29, 1.82) is 5.26 Å². The first kappa shape index (κ1) is 9.44. The highest BCUT2D eigenvalue weighted by atomic mass is 15.1. The van der Waals surface area contributed by atoms with Gasteiger partial charge in [0.1, 0.15) is 11.8 Å². The number of rotatable bonds is 0. The Kier molecular flexibility index (Phi) is 1.83. The molecule has 2 aromatic rings. The Labute approximate surface area is 94.5 Å². The number of aromatic nitrogens is 1. The van der Waals surface area contributed by atoms with Crippen LogP contribution >= 0.6 is 0 Å². The van der Waals surface area contributed by atoms with Crippen molar-refractivity contribution in [2.24, 2.45) is 0 Å². The molecule has 0 unspecified atom stereocenters. The minimum Gasteiger partial charge on any atom is -0.307 e. The summed E-state index contributed by atoms with van der Waals surface area (Å²) in [5, 5.41) is 9.22. The van der Waals surface area contributed by atoms with Crippen molar-refractivity contribution in [2.75, 3.05) is 7.05 Å². The average molecular weight is 211 g/mol. The van der Waals surface area contributed by atoms with E-state index in [0.29, 0.717) is 0 Å². The van der Waals surface area contributed by atoms with Crippen LogP contribution in [0.15, 0.2) is 18.3 Å². The molecule has 3 heteroatoms. The molecule has 0 aromatic carbocycles. The van der Waals surface area contributed by atoms with Crippen LogP contribution in [0.1, 0.15) is 22.4 Å². The van der Waals surface area contributed by atoms with Crippen molar-refractivity contribution in [2.45, 2.75) is 20.0 Å². The van der Waals surface area contributed by atoms with Crippen molar-refractivity contribution in [3.63, 3.8) is 0 Å². The van der Waals surface area contributed by atoms with Gasteiger partial charge in [0.2, 0.25) is 0 Å². The summed E-state index contributed by atoms with van der Waals surface area (Å²) in [5.41, 5.74) is 5.77. The van der Waals surface area contributed by atoms with Crippen LogP contribution < -0.4 is 0 Å². The third-order valence-electron chi connectivity index (χ3n) is 3.39. The number of hydrogen-bond acceptors (Lipinski definition) is 2. The second kappa shape index (κ2) is 3.10. The van der Waals surface area contributed by atoms with Gasteiger partial charge in [0.15, 0.2) is 0 Å². The summed E-state index contributed by atoms with van der Waals surface area (Å²) >= 11 is 0. The Morgan fingerprint density at radius 2 is 2.19 bits per heavy atom. The normalized spacial score (nSPS) is 15.3. The van der Waals surface area contributed by atoms with Gasteiger partial charge in [-0.05, 0) is 36.7 Å². The number of nitriles is 1. The molecule has 3 nitrogen and oxygen atoms in total. The Bertz CT molecular complexity index is 616. The van der Waals surface area contributed by atoms with Crippen molar-refractivity contribution < 1.29 is 0 Å². The minimum atomic E-state index is 0.780. The second-order valence-electron chi connectivity index (χ2n) is 4.49. The van der Waals surface area contributed by atoms with E-state index in [1.54, 1.807) is 0 Å². The van der Waals surface area contributed by atoms with Crippen LogP contribution in [-0.4, -0.2) is 16.3 Å². The SMILES string of the molecule is Cc1c2c3c(cccn3c1C#N)CN(C)C2. The Hall–Kier alpha value is -1.79. The molecule has 80 valence electrons. The predicted octanol–water partition coefficient (Wildman–Crippen LogP) is 2.06. The van der Waals surface area contributed by atoms with Gasteiger partial charge in [-0.1, -0.05) is 6.07 Å². The fraction of sp³-hybridized carbons (Fsp3) is 0.308. The van der Waals surface area contributed by atoms with Gasteiger partial charge in [-0.3, -0.25) is 4.90 Å². The monoisotopic (exact) mass is 211 g/mol. The molecule has 0 atom stereocenters. The van der Waals surface area contributed by atoms with Gasteiger partial charge in [0.05, 0.1) is 5.52 Å². The molecule has 0 radical (unpaired) electrons. The zero-order valence-corrected chi connectivity index (χ0v) is 9.49. The van der Waals surface area contributed by atoms with Gasteiger partial charge >= 0.3 is 0 Å². The zero-order valence-electron chi connectivity index (χ0n) is 9.49. The molecule has 2 aromatic heterocycles. The Morgan fingerprint density at radius 1 is 1.38 bits per heavy atom. The first-order valence-electron chi connectivity index (χ1n) is 5.42. The van der Waals surface area contributed by atoms with Gasteiger partial charge in [-0.15, -0.1) is 0 Å². The van der Waals surface area contributed by atoms with Crippen LogP contribution in [0.2, 0.25) is 0 Å². The molecule has 0 fully saturated rings. The molecule has 16 heavy (non-hydrogen) atoms. The summed E-state index contributed by atoms with van der Waals surface area (Å²) in [6.07, 6.45) is 1.99. The number of hydrogen-bond donors (Lipinski definition) is 0. The Morgan fingerprint density at radius 3 is 2.94 bits per heavy atom. The fourth-order valence-corrected chi connectivity index (χ4v) is 2.66. The van der Waals surface area contributed by atoms with E-state index in [0.717, 1.165) is 24.3 Å². The summed E-state index contributed by atoms with van der Waals surface area (Å²) in [4.78, 5) is 2.28. The average Bonchev–Trinajstić information content (AvgIpc) is 2.54. The maximum atomic E-state index is 9.22. The highest BCUT2D eigenvalue weighted by Gasteiger charge is 2.22. The highest BCUT2D eigenvalue weighted by molar-refractivity contribution is 5.69. The third kappa shape index (κ3) is 1.05. The fourth-order valence-electron chi connectivity index (χ4n) is 2.66. The zero-order chi connectivity index (χ0) is 11.3. The van der Waals surface area contributed by atoms with Crippen molar-refractivity contribution in [1.82, 2.24) is 9.30 Å². The molecule has 0 amide bonds. The van der Waals surface area contributed by atoms with Crippen LogP contribution in [0.25, 0.3) is 5.52 Å². The minimum absolute atomic E-state index is 0.780. The molecule has 0 saturated carbocycles. The third-order valence-corrected chi connectivity index (χ3v) is 3.39. The highest BCUT2D eigenvalue weighted by Crippen LogP contribution is 2.30. The largest absolute Gasteiger partial charge is 0.307 e. The van der Waals surface area contributed by atoms with E-state index in [2.05, 4.69) is 24.1 Å². The number of pyridine rings is 1. The molecule has 0 bridgehead atoms. The van der Waals surface area contributed by atoms with E-state index in [1.807, 2.05) is 23.6 Å². The van der Waals surface area contributed by atoms with Gasteiger partial charge in [-0.2, -0.15) is 5.26 Å². The van der Waals surface area contributed by atoms with Crippen LogP contribution in [0.4, 0.5) is 0 Å². The maximum Gasteiger partial charge on any atom is 0.128 e. The molecular formula is C13H13N3. The molecule has 1 aliphatic heterocycles. The lowest BCUT2D eigenvalue weighted by Crippen LogP contribution is -2.21. The molecular weight excluding hydrogens is 198 g/mol. The van der Waals surface area contributed by atoms with Crippen LogP contribution in [0, 0.1) is 18.3 Å². The second-order valence-corrected chi connectivity index (χ2v) is 4.49. The van der Waals surface area contributed by atoms with E-state index < -0.39 is 0 Å². The number of nitrogens with zero attached hydrogens (tertiary/aromatic N) is 3. The summed E-state index contributed by atoms with van der Waals surface area (Å²) in [6.45, 7) is 3.95. The summed E-state index contributed by atoms with van der Waals surface area (Å²) in [6, 6.07) is 6.47. The van der Waals surface area contributed by atoms with Crippen molar-refractivity contribution >= 4 is 5.52 Å². The standard InChI is InChI=1S/C13H13N3/c1-9-11-8-15(2)7-10-4-3-5-16(13(10)11)12(9)6-14/h3-5H,7-8H2,1-2H3. The lowest BCUT2D eigenvalue weighted by molar-refractivity contribution is 0.313. The van der Waals surface area contributed by atoms with Gasteiger partial charge in [-0.25, -0.2) is 0 Å². The lowest BCUT2D eigenvalue weighted by Gasteiger charge is -2.23. The molecule has 3 rings (SSSR count). The molecule has 1 aliphatic rings. The summed E-state index contributed by atoms with van der Waals surface area (Å²) in [5.74, 6) is 0. The Balaban J connectivity index is 2.48. The van der Waals surface area contributed by atoms with Crippen molar-refractivity contribution in [3.8, 4) is 6.07 Å². The molecule has 3 heterocycles. The quantitative estimate of drug-likeness (QED) is 0.668. The summed E-state index contributed by atoms with van der Waals surface area (Å²) in [7, 11) is 2.12. The smallest absolute Gasteiger partial charge is 0.128 e. The molecule has 0 N–H and O–H groups in total.